The first-order valence-corrected chi connectivity index (χ1v) is 5.61. The Morgan fingerprint density at radius 1 is 1.67 bits per heavy atom. The predicted molar refractivity (Wildman–Crippen MR) is 61.6 cm³/mol. The molecular weight excluding hydrogens is 238 g/mol. The summed E-state index contributed by atoms with van der Waals surface area (Å²) in [6.07, 6.45) is 1.27. The van der Waals surface area contributed by atoms with E-state index in [1.54, 1.807) is 6.07 Å². The quantitative estimate of drug-likeness (QED) is 0.871. The van der Waals surface area contributed by atoms with Gasteiger partial charge in [0.1, 0.15) is 18.3 Å². The molecule has 6 nitrogen and oxygen atoms in total. The fraction of sp³-hybridized carbons (Fsp3) is 0.500. The normalized spacial score (nSPS) is 21.8. The van der Waals surface area contributed by atoms with Gasteiger partial charge in [-0.3, -0.25) is 0 Å². The lowest BCUT2D eigenvalue weighted by Crippen LogP contribution is -2.25. The molecular formula is C12H15NO5. The third-order valence-corrected chi connectivity index (χ3v) is 2.47. The first-order valence-electron chi connectivity index (χ1n) is 5.61. The standard InChI is InChI=1S/C12H15NO5/c1-12(2)17-7-8(18-12)6-16-10-9(11(14)15)4-3-5-13-10/h3-5,8H,6-7H2,1-2H3,(H,14,15)/t8-/m1/s1. The average Bonchev–Trinajstić information content (AvgIpc) is 2.66. The molecule has 1 atom stereocenters. The van der Waals surface area contributed by atoms with Crippen LogP contribution >= 0.6 is 0 Å². The maximum absolute atomic E-state index is 10.9. The highest BCUT2D eigenvalue weighted by Crippen LogP contribution is 2.23. The number of pyridine rings is 1. The lowest BCUT2D eigenvalue weighted by Gasteiger charge is -2.17. The van der Waals surface area contributed by atoms with Crippen LogP contribution in [-0.4, -0.2) is 41.2 Å². The van der Waals surface area contributed by atoms with Gasteiger partial charge in [0.25, 0.3) is 0 Å². The zero-order valence-corrected chi connectivity index (χ0v) is 10.3. The maximum atomic E-state index is 10.9. The zero-order valence-electron chi connectivity index (χ0n) is 10.3. The van der Waals surface area contributed by atoms with Crippen molar-refractivity contribution < 1.29 is 24.1 Å². The Morgan fingerprint density at radius 3 is 3.06 bits per heavy atom. The molecule has 1 aromatic rings. The van der Waals surface area contributed by atoms with Crippen LogP contribution in [0.1, 0.15) is 24.2 Å². The van der Waals surface area contributed by atoms with Gasteiger partial charge in [-0.2, -0.15) is 0 Å². The first-order chi connectivity index (χ1) is 8.48. The molecule has 0 amide bonds. The van der Waals surface area contributed by atoms with Crippen molar-refractivity contribution in [2.45, 2.75) is 25.7 Å². The molecule has 0 spiro atoms. The van der Waals surface area contributed by atoms with E-state index in [4.69, 9.17) is 19.3 Å². The van der Waals surface area contributed by atoms with Gasteiger partial charge in [-0.15, -0.1) is 0 Å². The van der Waals surface area contributed by atoms with Crippen molar-refractivity contribution in [2.24, 2.45) is 0 Å². The van der Waals surface area contributed by atoms with Gasteiger partial charge in [-0.1, -0.05) is 0 Å². The smallest absolute Gasteiger partial charge is 0.341 e. The third kappa shape index (κ3) is 2.96. The highest BCUT2D eigenvalue weighted by molar-refractivity contribution is 5.90. The Balaban J connectivity index is 1.97. The van der Waals surface area contributed by atoms with Crippen LogP contribution in [0.4, 0.5) is 0 Å². The van der Waals surface area contributed by atoms with Crippen LogP contribution < -0.4 is 4.74 Å². The van der Waals surface area contributed by atoms with Crippen molar-refractivity contribution in [3.05, 3.63) is 23.9 Å². The second-order valence-corrected chi connectivity index (χ2v) is 4.42. The Labute approximate surface area is 104 Å². The minimum atomic E-state index is -1.07. The van der Waals surface area contributed by atoms with Crippen molar-refractivity contribution in [1.29, 1.82) is 0 Å². The second-order valence-electron chi connectivity index (χ2n) is 4.42. The fourth-order valence-corrected chi connectivity index (χ4v) is 1.69. The van der Waals surface area contributed by atoms with Crippen LogP contribution in [0.3, 0.4) is 0 Å². The molecule has 1 aliphatic heterocycles. The molecule has 0 aliphatic carbocycles. The molecule has 0 radical (unpaired) electrons. The number of hydrogen-bond donors (Lipinski definition) is 1. The number of nitrogens with zero attached hydrogens (tertiary/aromatic N) is 1. The van der Waals surface area contributed by atoms with E-state index in [0.29, 0.717) is 6.61 Å². The van der Waals surface area contributed by atoms with Gasteiger partial charge in [0, 0.05) is 6.20 Å². The first kappa shape index (κ1) is 12.8. The van der Waals surface area contributed by atoms with E-state index in [2.05, 4.69) is 4.98 Å². The summed E-state index contributed by atoms with van der Waals surface area (Å²) in [5.41, 5.74) is 0.0377. The largest absolute Gasteiger partial charge is 0.477 e. The summed E-state index contributed by atoms with van der Waals surface area (Å²) < 4.78 is 16.3. The van der Waals surface area contributed by atoms with Crippen LogP contribution in [0.5, 0.6) is 5.88 Å². The number of aromatic nitrogens is 1. The number of rotatable bonds is 4. The highest BCUT2D eigenvalue weighted by Gasteiger charge is 2.33. The zero-order chi connectivity index (χ0) is 13.2. The summed E-state index contributed by atoms with van der Waals surface area (Å²) in [5, 5.41) is 8.96. The van der Waals surface area contributed by atoms with E-state index in [9.17, 15) is 4.79 Å². The van der Waals surface area contributed by atoms with Crippen molar-refractivity contribution in [3.63, 3.8) is 0 Å². The second kappa shape index (κ2) is 4.91. The van der Waals surface area contributed by atoms with E-state index in [0.717, 1.165) is 0 Å². The number of aromatic carboxylic acids is 1. The van der Waals surface area contributed by atoms with Crippen molar-refractivity contribution >= 4 is 5.97 Å². The van der Waals surface area contributed by atoms with Crippen LogP contribution in [0.25, 0.3) is 0 Å². The minimum absolute atomic E-state index is 0.0377. The maximum Gasteiger partial charge on any atom is 0.341 e. The number of hydrogen-bond acceptors (Lipinski definition) is 5. The molecule has 0 unspecified atom stereocenters. The summed E-state index contributed by atoms with van der Waals surface area (Å²) in [6, 6.07) is 3.00. The summed E-state index contributed by atoms with van der Waals surface area (Å²) in [7, 11) is 0. The van der Waals surface area contributed by atoms with Crippen molar-refractivity contribution in [3.8, 4) is 5.88 Å². The van der Waals surface area contributed by atoms with Crippen LogP contribution in [0.15, 0.2) is 18.3 Å². The van der Waals surface area contributed by atoms with Gasteiger partial charge in [-0.05, 0) is 26.0 Å². The summed E-state index contributed by atoms with van der Waals surface area (Å²) in [5.74, 6) is -1.59. The Hall–Kier alpha value is -1.66. The molecule has 0 aromatic carbocycles. The summed E-state index contributed by atoms with van der Waals surface area (Å²) in [4.78, 5) is 14.8. The average molecular weight is 253 g/mol. The molecule has 98 valence electrons. The Kier molecular flexibility index (Phi) is 3.49. The predicted octanol–water partition coefficient (Wildman–Crippen LogP) is 1.31. The van der Waals surface area contributed by atoms with Gasteiger partial charge in [0.15, 0.2) is 5.79 Å². The number of carboxylic acid groups (broad SMARTS) is 1. The van der Waals surface area contributed by atoms with Gasteiger partial charge in [0.05, 0.1) is 6.61 Å². The van der Waals surface area contributed by atoms with Crippen LogP contribution in [-0.2, 0) is 9.47 Å². The topological polar surface area (TPSA) is 77.9 Å². The van der Waals surface area contributed by atoms with E-state index >= 15 is 0 Å². The molecule has 1 aliphatic rings. The van der Waals surface area contributed by atoms with Crippen LogP contribution in [0.2, 0.25) is 0 Å². The summed E-state index contributed by atoms with van der Waals surface area (Å²) in [6.45, 7) is 4.26. The number of ether oxygens (including phenoxy) is 3. The Morgan fingerprint density at radius 2 is 2.44 bits per heavy atom. The lowest BCUT2D eigenvalue weighted by atomic mass is 10.3. The van der Waals surface area contributed by atoms with Crippen LogP contribution in [0, 0.1) is 0 Å². The lowest BCUT2D eigenvalue weighted by molar-refractivity contribution is -0.141. The molecule has 1 fully saturated rings. The molecule has 1 aromatic heterocycles. The SMILES string of the molecule is CC1(C)OC[C@@H](COc2ncccc2C(=O)O)O1. The summed E-state index contributed by atoms with van der Waals surface area (Å²) >= 11 is 0. The van der Waals surface area contributed by atoms with Gasteiger partial charge >= 0.3 is 5.97 Å². The molecule has 6 heteroatoms. The molecule has 2 rings (SSSR count). The van der Waals surface area contributed by atoms with E-state index in [1.807, 2.05) is 13.8 Å². The van der Waals surface area contributed by atoms with Crippen molar-refractivity contribution in [1.82, 2.24) is 4.98 Å². The van der Waals surface area contributed by atoms with Gasteiger partial charge < -0.3 is 19.3 Å². The van der Waals surface area contributed by atoms with Crippen molar-refractivity contribution in [2.75, 3.05) is 13.2 Å². The van der Waals surface area contributed by atoms with Gasteiger partial charge in [0.2, 0.25) is 5.88 Å². The minimum Gasteiger partial charge on any atom is -0.477 e. The molecule has 18 heavy (non-hydrogen) atoms. The van der Waals surface area contributed by atoms with E-state index in [-0.39, 0.29) is 24.2 Å². The van der Waals surface area contributed by atoms with E-state index in [1.165, 1.54) is 12.3 Å². The number of carboxylic acids is 1. The monoisotopic (exact) mass is 253 g/mol. The molecule has 2 heterocycles. The Bertz CT molecular complexity index is 446. The fourth-order valence-electron chi connectivity index (χ4n) is 1.69. The highest BCUT2D eigenvalue weighted by atomic mass is 16.7. The van der Waals surface area contributed by atoms with E-state index < -0.39 is 11.8 Å². The third-order valence-electron chi connectivity index (χ3n) is 2.47. The molecule has 1 N–H and O–H groups in total. The van der Waals surface area contributed by atoms with Gasteiger partial charge in [-0.25, -0.2) is 9.78 Å². The molecule has 0 saturated carbocycles. The molecule has 1 saturated heterocycles. The number of carbonyl (C=O) groups is 1. The molecule has 0 bridgehead atoms.